The molecule has 48 valence electrons. The lowest BCUT2D eigenvalue weighted by Crippen LogP contribution is -2.32. The van der Waals surface area contributed by atoms with E-state index in [2.05, 4.69) is 17.2 Å². The molecule has 0 aromatic heterocycles. The van der Waals surface area contributed by atoms with E-state index in [4.69, 9.17) is 0 Å². The molecule has 0 radical (unpaired) electrons. The minimum atomic E-state index is 0.403. The van der Waals surface area contributed by atoms with Crippen molar-refractivity contribution >= 4 is 0 Å². The van der Waals surface area contributed by atoms with Crippen molar-refractivity contribution < 1.29 is 0 Å². The van der Waals surface area contributed by atoms with Crippen LogP contribution in [0.1, 0.15) is 0 Å². The monoisotopic (exact) mass is 114 g/mol. The lowest BCUT2D eigenvalue weighted by Gasteiger charge is -2.08. The molecule has 0 rings (SSSR count). The van der Waals surface area contributed by atoms with E-state index >= 15 is 0 Å². The predicted octanol–water partition coefficient (Wildman–Crippen LogP) is -0.0202. The number of rotatable bonds is 4. The van der Waals surface area contributed by atoms with Gasteiger partial charge in [-0.2, -0.15) is 0 Å². The van der Waals surface area contributed by atoms with E-state index in [0.717, 1.165) is 6.54 Å². The first-order valence-corrected chi connectivity index (χ1v) is 2.79. The summed E-state index contributed by atoms with van der Waals surface area (Å²) < 4.78 is 0. The predicted molar refractivity (Wildman–Crippen MR) is 37.0 cm³/mol. The molecular weight excluding hydrogens is 100 g/mol. The van der Waals surface area contributed by atoms with Gasteiger partial charge in [-0.3, -0.25) is 0 Å². The highest BCUT2D eigenvalue weighted by molar-refractivity contribution is 4.85. The lowest BCUT2D eigenvalue weighted by molar-refractivity contribution is 0.620. The molecule has 0 bridgehead atoms. The van der Waals surface area contributed by atoms with Crippen LogP contribution >= 0.6 is 0 Å². The number of likely N-dealkylation sites (N-methyl/N-ethyl adjacent to an activating group) is 2. The Labute approximate surface area is 51.0 Å². The smallest absolute Gasteiger partial charge is 0.0370 e. The van der Waals surface area contributed by atoms with Crippen molar-refractivity contribution in [1.29, 1.82) is 0 Å². The Morgan fingerprint density at radius 2 is 2.25 bits per heavy atom. The van der Waals surface area contributed by atoms with E-state index in [1.165, 1.54) is 0 Å². The zero-order valence-electron chi connectivity index (χ0n) is 5.57. The van der Waals surface area contributed by atoms with Crippen LogP contribution in [-0.2, 0) is 0 Å². The molecule has 0 aliphatic heterocycles. The molecule has 0 saturated carbocycles. The molecule has 0 aromatic carbocycles. The van der Waals surface area contributed by atoms with Gasteiger partial charge >= 0.3 is 0 Å². The Balaban J connectivity index is 3.21. The van der Waals surface area contributed by atoms with Crippen LogP contribution in [0.5, 0.6) is 0 Å². The first-order valence-electron chi connectivity index (χ1n) is 2.79. The zero-order valence-corrected chi connectivity index (χ0v) is 5.57. The quantitative estimate of drug-likeness (QED) is 0.502. The fourth-order valence-corrected chi connectivity index (χ4v) is 0.523. The Bertz CT molecular complexity index is 61.5. The Morgan fingerprint density at radius 3 is 2.38 bits per heavy atom. The number of nitrogens with one attached hydrogen (secondary N) is 2. The van der Waals surface area contributed by atoms with Crippen molar-refractivity contribution in [3.63, 3.8) is 0 Å². The van der Waals surface area contributed by atoms with Gasteiger partial charge in [0.15, 0.2) is 0 Å². The van der Waals surface area contributed by atoms with E-state index < -0.39 is 0 Å². The van der Waals surface area contributed by atoms with Gasteiger partial charge in [-0.25, -0.2) is 0 Å². The summed E-state index contributed by atoms with van der Waals surface area (Å²) in [6.45, 7) is 4.59. The SMILES string of the molecule is C=C[C@H](CNC)NC. The largest absolute Gasteiger partial charge is 0.318 e. The van der Waals surface area contributed by atoms with E-state index in [1.54, 1.807) is 0 Å². The van der Waals surface area contributed by atoms with Crippen molar-refractivity contribution in [2.24, 2.45) is 0 Å². The summed E-state index contributed by atoms with van der Waals surface area (Å²) in [5, 5.41) is 6.11. The molecule has 1 atom stereocenters. The molecule has 0 aliphatic carbocycles. The van der Waals surface area contributed by atoms with Gasteiger partial charge in [0.1, 0.15) is 0 Å². The van der Waals surface area contributed by atoms with Crippen molar-refractivity contribution in [3.8, 4) is 0 Å². The van der Waals surface area contributed by atoms with Crippen molar-refractivity contribution in [2.75, 3.05) is 20.6 Å². The molecule has 8 heavy (non-hydrogen) atoms. The fourth-order valence-electron chi connectivity index (χ4n) is 0.523. The third-order valence-corrected chi connectivity index (χ3v) is 1.08. The highest BCUT2D eigenvalue weighted by atomic mass is 14.9. The number of hydrogen-bond acceptors (Lipinski definition) is 2. The zero-order chi connectivity index (χ0) is 6.41. The molecular formula is C6H14N2. The van der Waals surface area contributed by atoms with Crippen LogP contribution in [0.15, 0.2) is 12.7 Å². The number of hydrogen-bond donors (Lipinski definition) is 2. The van der Waals surface area contributed by atoms with Gasteiger partial charge in [0.2, 0.25) is 0 Å². The molecule has 0 amide bonds. The van der Waals surface area contributed by atoms with Crippen molar-refractivity contribution in [1.82, 2.24) is 10.6 Å². The van der Waals surface area contributed by atoms with Gasteiger partial charge in [-0.1, -0.05) is 6.08 Å². The normalized spacial score (nSPS) is 13.2. The first-order chi connectivity index (χ1) is 3.85. The molecule has 0 aliphatic rings. The van der Waals surface area contributed by atoms with Crippen LogP contribution in [0.4, 0.5) is 0 Å². The Morgan fingerprint density at radius 1 is 1.62 bits per heavy atom. The summed E-state index contributed by atoms with van der Waals surface area (Å²) in [6.07, 6.45) is 1.89. The fraction of sp³-hybridized carbons (Fsp3) is 0.667. The van der Waals surface area contributed by atoms with Crippen LogP contribution in [0.2, 0.25) is 0 Å². The molecule has 2 nitrogen and oxygen atoms in total. The van der Waals surface area contributed by atoms with Crippen molar-refractivity contribution in [3.05, 3.63) is 12.7 Å². The third kappa shape index (κ3) is 2.77. The maximum atomic E-state index is 3.65. The van der Waals surface area contributed by atoms with Crippen LogP contribution in [0, 0.1) is 0 Å². The second-order valence-corrected chi connectivity index (χ2v) is 1.69. The second-order valence-electron chi connectivity index (χ2n) is 1.69. The third-order valence-electron chi connectivity index (χ3n) is 1.08. The maximum absolute atomic E-state index is 3.65. The molecule has 0 aromatic rings. The molecule has 0 heterocycles. The minimum absolute atomic E-state index is 0.403. The van der Waals surface area contributed by atoms with Crippen molar-refractivity contribution in [2.45, 2.75) is 6.04 Å². The standard InChI is InChI=1S/C6H14N2/c1-4-6(8-3)5-7-2/h4,6-8H,1,5H2,2-3H3/t6-/m1/s1. The van der Waals surface area contributed by atoms with Gasteiger partial charge in [-0.05, 0) is 14.1 Å². The van der Waals surface area contributed by atoms with Crippen LogP contribution in [-0.4, -0.2) is 26.7 Å². The summed E-state index contributed by atoms with van der Waals surface area (Å²) in [5.41, 5.74) is 0. The molecule has 0 unspecified atom stereocenters. The van der Waals surface area contributed by atoms with Crippen LogP contribution in [0.25, 0.3) is 0 Å². The van der Waals surface area contributed by atoms with Crippen LogP contribution in [0.3, 0.4) is 0 Å². The summed E-state index contributed by atoms with van der Waals surface area (Å²) in [6, 6.07) is 0.403. The first kappa shape index (κ1) is 7.66. The second kappa shape index (κ2) is 4.81. The van der Waals surface area contributed by atoms with E-state index in [-0.39, 0.29) is 0 Å². The summed E-state index contributed by atoms with van der Waals surface area (Å²) in [5.74, 6) is 0. The average molecular weight is 114 g/mol. The van der Waals surface area contributed by atoms with Gasteiger partial charge in [0.25, 0.3) is 0 Å². The molecule has 2 N–H and O–H groups in total. The molecule has 0 saturated heterocycles. The van der Waals surface area contributed by atoms with E-state index in [9.17, 15) is 0 Å². The maximum Gasteiger partial charge on any atom is 0.0370 e. The van der Waals surface area contributed by atoms with Crippen LogP contribution < -0.4 is 10.6 Å². The van der Waals surface area contributed by atoms with Gasteiger partial charge < -0.3 is 10.6 Å². The lowest BCUT2D eigenvalue weighted by atomic mass is 10.3. The van der Waals surface area contributed by atoms with Gasteiger partial charge in [0, 0.05) is 12.6 Å². The summed E-state index contributed by atoms with van der Waals surface area (Å²) in [7, 11) is 3.84. The van der Waals surface area contributed by atoms with E-state index in [0.29, 0.717) is 6.04 Å². The van der Waals surface area contributed by atoms with E-state index in [1.807, 2.05) is 20.2 Å². The highest BCUT2D eigenvalue weighted by Crippen LogP contribution is 1.77. The molecule has 0 fully saturated rings. The summed E-state index contributed by atoms with van der Waals surface area (Å²) >= 11 is 0. The molecule has 2 heteroatoms. The molecule has 0 spiro atoms. The Hall–Kier alpha value is -0.340. The summed E-state index contributed by atoms with van der Waals surface area (Å²) in [4.78, 5) is 0. The van der Waals surface area contributed by atoms with Gasteiger partial charge in [-0.15, -0.1) is 6.58 Å². The van der Waals surface area contributed by atoms with Gasteiger partial charge in [0.05, 0.1) is 0 Å². The highest BCUT2D eigenvalue weighted by Gasteiger charge is 1.93. The minimum Gasteiger partial charge on any atom is -0.318 e. The average Bonchev–Trinajstić information content (AvgIpc) is 1.83. The topological polar surface area (TPSA) is 24.1 Å². The Kier molecular flexibility index (Phi) is 4.61.